The molecule has 1 aromatic carbocycles. The number of rotatable bonds is 4. The van der Waals surface area contributed by atoms with Crippen molar-refractivity contribution in [3.63, 3.8) is 0 Å². The predicted octanol–water partition coefficient (Wildman–Crippen LogP) is 1.83. The minimum Gasteiger partial charge on any atom is -0.399 e. The van der Waals surface area contributed by atoms with E-state index in [2.05, 4.69) is 5.32 Å². The lowest BCUT2D eigenvalue weighted by molar-refractivity contribution is -0.129. The minimum absolute atomic E-state index is 0.135. The first-order valence-corrected chi connectivity index (χ1v) is 6.23. The van der Waals surface area contributed by atoms with Crippen molar-refractivity contribution in [2.75, 3.05) is 30.7 Å². The highest BCUT2D eigenvalue weighted by Gasteiger charge is 2.17. The Balaban J connectivity index is 1.79. The number of nitrogens with zero attached hydrogens (tertiary/aromatic N) is 1. The van der Waals surface area contributed by atoms with Crippen molar-refractivity contribution in [3.8, 4) is 0 Å². The molecular formula is C13H18FN3O. The second-order valence-corrected chi connectivity index (χ2v) is 4.50. The molecule has 1 amide bonds. The third kappa shape index (κ3) is 3.12. The van der Waals surface area contributed by atoms with Crippen LogP contribution in [0.25, 0.3) is 0 Å². The molecule has 2 rings (SSSR count). The van der Waals surface area contributed by atoms with Gasteiger partial charge < -0.3 is 16.0 Å². The van der Waals surface area contributed by atoms with E-state index in [1.54, 1.807) is 12.1 Å². The maximum Gasteiger partial charge on any atom is 0.224 e. The molecule has 1 fully saturated rings. The van der Waals surface area contributed by atoms with Crippen molar-refractivity contribution < 1.29 is 9.18 Å². The van der Waals surface area contributed by atoms with Crippen molar-refractivity contribution >= 4 is 17.3 Å². The molecule has 0 aromatic heterocycles. The van der Waals surface area contributed by atoms with Crippen LogP contribution in [0.5, 0.6) is 0 Å². The van der Waals surface area contributed by atoms with Gasteiger partial charge in [-0.2, -0.15) is 0 Å². The molecule has 4 nitrogen and oxygen atoms in total. The topological polar surface area (TPSA) is 58.4 Å². The van der Waals surface area contributed by atoms with Gasteiger partial charge in [0, 0.05) is 31.7 Å². The summed E-state index contributed by atoms with van der Waals surface area (Å²) in [5, 5.41) is 2.92. The summed E-state index contributed by atoms with van der Waals surface area (Å²) in [5.41, 5.74) is 6.24. The number of likely N-dealkylation sites (tertiary alicyclic amines) is 1. The van der Waals surface area contributed by atoms with Gasteiger partial charge in [0.15, 0.2) is 0 Å². The van der Waals surface area contributed by atoms with Crippen molar-refractivity contribution in [1.82, 2.24) is 4.90 Å². The third-order valence-corrected chi connectivity index (χ3v) is 3.11. The first kappa shape index (κ1) is 12.7. The first-order valence-electron chi connectivity index (χ1n) is 6.23. The van der Waals surface area contributed by atoms with Crippen LogP contribution in [0.4, 0.5) is 15.8 Å². The van der Waals surface area contributed by atoms with E-state index in [1.165, 1.54) is 6.07 Å². The van der Waals surface area contributed by atoms with E-state index in [1.807, 2.05) is 4.90 Å². The SMILES string of the molecule is Nc1ccc(NCCC(=O)N2CCCC2)c(F)c1. The van der Waals surface area contributed by atoms with Crippen LogP contribution in [0.3, 0.4) is 0 Å². The molecule has 0 atom stereocenters. The van der Waals surface area contributed by atoms with Gasteiger partial charge in [0.2, 0.25) is 5.91 Å². The molecule has 5 heteroatoms. The Hall–Kier alpha value is -1.78. The lowest BCUT2D eigenvalue weighted by Gasteiger charge is -2.15. The number of benzene rings is 1. The summed E-state index contributed by atoms with van der Waals surface area (Å²) in [6, 6.07) is 4.49. The summed E-state index contributed by atoms with van der Waals surface area (Å²) in [5.74, 6) is -0.250. The number of carbonyl (C=O) groups excluding carboxylic acids is 1. The molecule has 0 radical (unpaired) electrons. The lowest BCUT2D eigenvalue weighted by Crippen LogP contribution is -2.29. The van der Waals surface area contributed by atoms with E-state index in [0.717, 1.165) is 25.9 Å². The second kappa shape index (κ2) is 5.71. The Morgan fingerprint density at radius 3 is 2.78 bits per heavy atom. The van der Waals surface area contributed by atoms with E-state index in [4.69, 9.17) is 5.73 Å². The van der Waals surface area contributed by atoms with Gasteiger partial charge in [0.05, 0.1) is 5.69 Å². The normalized spacial score (nSPS) is 14.8. The van der Waals surface area contributed by atoms with Crippen LogP contribution in [0.1, 0.15) is 19.3 Å². The van der Waals surface area contributed by atoms with Crippen LogP contribution in [-0.4, -0.2) is 30.4 Å². The molecule has 3 N–H and O–H groups in total. The fourth-order valence-corrected chi connectivity index (χ4v) is 2.10. The summed E-state index contributed by atoms with van der Waals surface area (Å²) in [6.45, 7) is 2.15. The molecule has 98 valence electrons. The summed E-state index contributed by atoms with van der Waals surface area (Å²) < 4.78 is 13.4. The monoisotopic (exact) mass is 251 g/mol. The first-order chi connectivity index (χ1) is 8.66. The zero-order chi connectivity index (χ0) is 13.0. The summed E-state index contributed by atoms with van der Waals surface area (Å²) >= 11 is 0. The Kier molecular flexibility index (Phi) is 4.02. The molecule has 1 heterocycles. The van der Waals surface area contributed by atoms with Gasteiger partial charge in [-0.25, -0.2) is 4.39 Å². The summed E-state index contributed by atoms with van der Waals surface area (Å²) in [6.07, 6.45) is 2.57. The van der Waals surface area contributed by atoms with Crippen LogP contribution < -0.4 is 11.1 Å². The fraction of sp³-hybridized carbons (Fsp3) is 0.462. The number of nitrogen functional groups attached to an aromatic ring is 1. The van der Waals surface area contributed by atoms with Crippen molar-refractivity contribution in [2.45, 2.75) is 19.3 Å². The van der Waals surface area contributed by atoms with E-state index in [9.17, 15) is 9.18 Å². The molecule has 1 saturated heterocycles. The number of nitrogens with two attached hydrogens (primary N) is 1. The molecule has 1 aliphatic heterocycles. The molecule has 1 aromatic rings. The molecular weight excluding hydrogens is 233 g/mol. The van der Waals surface area contributed by atoms with Crippen molar-refractivity contribution in [3.05, 3.63) is 24.0 Å². The maximum absolute atomic E-state index is 13.4. The van der Waals surface area contributed by atoms with Gasteiger partial charge in [-0.15, -0.1) is 0 Å². The average Bonchev–Trinajstić information content (AvgIpc) is 2.85. The number of amides is 1. The van der Waals surface area contributed by atoms with E-state index in [-0.39, 0.29) is 11.7 Å². The van der Waals surface area contributed by atoms with E-state index in [0.29, 0.717) is 24.3 Å². The molecule has 0 unspecified atom stereocenters. The molecule has 1 aliphatic rings. The summed E-state index contributed by atoms with van der Waals surface area (Å²) in [7, 11) is 0. The molecule has 0 saturated carbocycles. The number of nitrogens with one attached hydrogen (secondary N) is 1. The highest BCUT2D eigenvalue weighted by atomic mass is 19.1. The second-order valence-electron chi connectivity index (χ2n) is 4.50. The van der Waals surface area contributed by atoms with Crippen LogP contribution in [0, 0.1) is 5.82 Å². The van der Waals surface area contributed by atoms with Crippen LogP contribution >= 0.6 is 0 Å². The highest BCUT2D eigenvalue weighted by molar-refractivity contribution is 5.77. The van der Waals surface area contributed by atoms with Gasteiger partial charge in [-0.1, -0.05) is 0 Å². The molecule has 0 spiro atoms. The fourth-order valence-electron chi connectivity index (χ4n) is 2.10. The predicted molar refractivity (Wildman–Crippen MR) is 69.7 cm³/mol. The van der Waals surface area contributed by atoms with Crippen molar-refractivity contribution in [1.29, 1.82) is 0 Å². The Morgan fingerprint density at radius 1 is 1.39 bits per heavy atom. The Bertz CT molecular complexity index is 430. The van der Waals surface area contributed by atoms with E-state index < -0.39 is 0 Å². The maximum atomic E-state index is 13.4. The number of hydrogen-bond acceptors (Lipinski definition) is 3. The van der Waals surface area contributed by atoms with E-state index >= 15 is 0 Å². The number of hydrogen-bond donors (Lipinski definition) is 2. The Morgan fingerprint density at radius 2 is 2.11 bits per heavy atom. The van der Waals surface area contributed by atoms with Gasteiger partial charge in [-0.3, -0.25) is 4.79 Å². The number of halogens is 1. The van der Waals surface area contributed by atoms with Gasteiger partial charge in [-0.05, 0) is 31.0 Å². The quantitative estimate of drug-likeness (QED) is 0.803. The van der Waals surface area contributed by atoms with Crippen LogP contribution in [0.15, 0.2) is 18.2 Å². The van der Waals surface area contributed by atoms with Crippen LogP contribution in [0.2, 0.25) is 0 Å². The smallest absolute Gasteiger partial charge is 0.224 e. The highest BCUT2D eigenvalue weighted by Crippen LogP contribution is 2.17. The summed E-state index contributed by atoms with van der Waals surface area (Å²) in [4.78, 5) is 13.6. The molecule has 18 heavy (non-hydrogen) atoms. The molecule has 0 aliphatic carbocycles. The lowest BCUT2D eigenvalue weighted by atomic mass is 10.2. The number of anilines is 2. The Labute approximate surface area is 106 Å². The van der Waals surface area contributed by atoms with Gasteiger partial charge in [0.25, 0.3) is 0 Å². The van der Waals surface area contributed by atoms with Crippen LogP contribution in [-0.2, 0) is 4.79 Å². The minimum atomic E-state index is -0.386. The zero-order valence-electron chi connectivity index (χ0n) is 10.3. The van der Waals surface area contributed by atoms with Gasteiger partial charge >= 0.3 is 0 Å². The van der Waals surface area contributed by atoms with Crippen molar-refractivity contribution in [2.24, 2.45) is 0 Å². The largest absolute Gasteiger partial charge is 0.399 e. The molecule has 0 bridgehead atoms. The average molecular weight is 251 g/mol. The zero-order valence-corrected chi connectivity index (χ0v) is 10.3. The van der Waals surface area contributed by atoms with Gasteiger partial charge in [0.1, 0.15) is 5.82 Å². The third-order valence-electron chi connectivity index (χ3n) is 3.11. The standard InChI is InChI=1S/C13H18FN3O/c14-11-9-10(15)3-4-12(11)16-6-5-13(18)17-7-1-2-8-17/h3-4,9,16H,1-2,5-8,15H2. The number of carbonyl (C=O) groups is 1.